The molecule has 0 atom stereocenters. The third kappa shape index (κ3) is 5.83. The number of carbonyl (C=O) groups excluding carboxylic acids is 2. The molecule has 12 heteroatoms. The van der Waals surface area contributed by atoms with Gasteiger partial charge in [-0.2, -0.15) is 0 Å². The Bertz CT molecular complexity index is 1530. The Kier molecular flexibility index (Phi) is 8.37. The molecule has 4 rings (SSSR count). The van der Waals surface area contributed by atoms with E-state index in [0.29, 0.717) is 37.1 Å². The summed E-state index contributed by atoms with van der Waals surface area (Å²) in [5, 5.41) is 12.6. The highest BCUT2D eigenvalue weighted by Crippen LogP contribution is 2.36. The van der Waals surface area contributed by atoms with E-state index in [1.54, 1.807) is 30.3 Å². The third-order valence-electron chi connectivity index (χ3n) is 5.43. The van der Waals surface area contributed by atoms with Crippen LogP contribution in [0.25, 0.3) is 6.08 Å². The van der Waals surface area contributed by atoms with Crippen LogP contribution in [0.2, 0.25) is 10.0 Å². The number of anilines is 1. The summed E-state index contributed by atoms with van der Waals surface area (Å²) >= 11 is 20.8. The first-order chi connectivity index (χ1) is 18.1. The van der Waals surface area contributed by atoms with Gasteiger partial charge in [0.15, 0.2) is 16.6 Å². The standard InChI is InChI=1S/C26H17BrCl2N2O6S/c1-36-21-9-15(19(27)11-22(21)37-12-14-5-6-16(28)10-20(14)29)8-18-23(32)30-26(38)31(24(18)33)17-4-2-3-13(7-17)25(34)35/h2-11H,12H2,1H3,(H,34,35)(H,30,32,38). The van der Waals surface area contributed by atoms with Gasteiger partial charge in [0, 0.05) is 20.1 Å². The summed E-state index contributed by atoms with van der Waals surface area (Å²) in [4.78, 5) is 38.5. The van der Waals surface area contributed by atoms with Crippen LogP contribution < -0.4 is 19.7 Å². The molecule has 0 radical (unpaired) electrons. The lowest BCUT2D eigenvalue weighted by molar-refractivity contribution is -0.122. The maximum Gasteiger partial charge on any atom is 0.335 e. The Morgan fingerprint density at radius 2 is 1.89 bits per heavy atom. The fraction of sp³-hybridized carbons (Fsp3) is 0.0769. The molecule has 0 spiro atoms. The average Bonchev–Trinajstić information content (AvgIpc) is 2.87. The number of ether oxygens (including phenoxy) is 2. The molecule has 1 fully saturated rings. The number of halogens is 3. The molecule has 3 aromatic rings. The molecular formula is C26H17BrCl2N2O6S. The van der Waals surface area contributed by atoms with Crippen LogP contribution in [0.1, 0.15) is 21.5 Å². The van der Waals surface area contributed by atoms with Crippen molar-refractivity contribution in [2.24, 2.45) is 0 Å². The summed E-state index contributed by atoms with van der Waals surface area (Å²) in [6.45, 7) is 0.141. The van der Waals surface area contributed by atoms with E-state index in [2.05, 4.69) is 21.2 Å². The maximum atomic E-state index is 13.3. The van der Waals surface area contributed by atoms with Gasteiger partial charge >= 0.3 is 5.97 Å². The number of nitrogens with zero attached hydrogens (tertiary/aromatic N) is 1. The summed E-state index contributed by atoms with van der Waals surface area (Å²) in [5.41, 5.74) is 1.11. The highest BCUT2D eigenvalue weighted by Gasteiger charge is 2.35. The van der Waals surface area contributed by atoms with Crippen molar-refractivity contribution in [3.05, 3.63) is 91.4 Å². The topological polar surface area (TPSA) is 105 Å². The zero-order valence-electron chi connectivity index (χ0n) is 19.5. The molecule has 0 unspecified atom stereocenters. The fourth-order valence-electron chi connectivity index (χ4n) is 3.55. The number of thiocarbonyl (C=S) groups is 1. The number of methoxy groups -OCH3 is 1. The van der Waals surface area contributed by atoms with Crippen LogP contribution in [0.5, 0.6) is 11.5 Å². The van der Waals surface area contributed by atoms with Gasteiger partial charge < -0.3 is 14.6 Å². The number of nitrogens with one attached hydrogen (secondary N) is 1. The first-order valence-electron chi connectivity index (χ1n) is 10.8. The third-order valence-corrected chi connectivity index (χ3v) is 6.99. The van der Waals surface area contributed by atoms with Gasteiger partial charge in [0.25, 0.3) is 11.8 Å². The highest BCUT2D eigenvalue weighted by atomic mass is 79.9. The van der Waals surface area contributed by atoms with Crippen LogP contribution in [0, 0.1) is 0 Å². The number of hydrogen-bond donors (Lipinski definition) is 2. The number of carboxylic acids is 1. The van der Waals surface area contributed by atoms with Gasteiger partial charge in [-0.25, -0.2) is 4.79 Å². The van der Waals surface area contributed by atoms with Crippen LogP contribution in [0.15, 0.2) is 64.6 Å². The molecule has 2 amide bonds. The van der Waals surface area contributed by atoms with Gasteiger partial charge in [0.1, 0.15) is 12.2 Å². The molecule has 1 aliphatic rings. The van der Waals surface area contributed by atoms with Gasteiger partial charge in [-0.05, 0) is 66.3 Å². The van der Waals surface area contributed by atoms with E-state index in [4.69, 9.17) is 44.9 Å². The largest absolute Gasteiger partial charge is 0.493 e. The molecule has 1 aliphatic heterocycles. The minimum atomic E-state index is -1.17. The lowest BCUT2D eigenvalue weighted by Crippen LogP contribution is -2.54. The van der Waals surface area contributed by atoms with Crippen molar-refractivity contribution in [1.29, 1.82) is 0 Å². The Balaban J connectivity index is 1.65. The Morgan fingerprint density at radius 1 is 1.13 bits per heavy atom. The van der Waals surface area contributed by atoms with Crippen molar-refractivity contribution in [1.82, 2.24) is 5.32 Å². The van der Waals surface area contributed by atoms with Crippen LogP contribution in [0.3, 0.4) is 0 Å². The van der Waals surface area contributed by atoms with Gasteiger partial charge in [0.05, 0.1) is 18.4 Å². The van der Waals surface area contributed by atoms with Crippen molar-refractivity contribution >= 4 is 86.0 Å². The van der Waals surface area contributed by atoms with E-state index < -0.39 is 17.8 Å². The molecule has 1 saturated heterocycles. The van der Waals surface area contributed by atoms with Gasteiger partial charge in [-0.1, -0.05) is 51.3 Å². The van der Waals surface area contributed by atoms with E-state index in [0.717, 1.165) is 4.90 Å². The second-order valence-corrected chi connectivity index (χ2v) is 9.95. The monoisotopic (exact) mass is 634 g/mol. The fourth-order valence-corrected chi connectivity index (χ4v) is 4.73. The molecule has 2 N–H and O–H groups in total. The second kappa shape index (κ2) is 11.5. The van der Waals surface area contributed by atoms with Crippen LogP contribution in [0.4, 0.5) is 5.69 Å². The summed E-state index contributed by atoms with van der Waals surface area (Å²) in [6.07, 6.45) is 1.37. The number of carboxylic acid groups (broad SMARTS) is 1. The van der Waals surface area contributed by atoms with E-state index in [-0.39, 0.29) is 28.5 Å². The normalized spacial score (nSPS) is 14.5. The zero-order chi connectivity index (χ0) is 27.6. The van der Waals surface area contributed by atoms with Gasteiger partial charge in [-0.15, -0.1) is 0 Å². The number of hydrogen-bond acceptors (Lipinski definition) is 6. The number of rotatable bonds is 7. The predicted molar refractivity (Wildman–Crippen MR) is 151 cm³/mol. The molecular weight excluding hydrogens is 619 g/mol. The summed E-state index contributed by atoms with van der Waals surface area (Å²) < 4.78 is 11.9. The molecule has 3 aromatic carbocycles. The van der Waals surface area contributed by atoms with Crippen molar-refractivity contribution in [3.8, 4) is 11.5 Å². The molecule has 0 saturated carbocycles. The molecule has 0 bridgehead atoms. The quantitative estimate of drug-likeness (QED) is 0.190. The molecule has 0 aliphatic carbocycles. The Hall–Kier alpha value is -3.44. The van der Waals surface area contributed by atoms with Crippen LogP contribution >= 0.6 is 51.3 Å². The molecule has 194 valence electrons. The Morgan fingerprint density at radius 3 is 2.58 bits per heavy atom. The number of carbonyl (C=O) groups is 3. The molecule has 8 nitrogen and oxygen atoms in total. The predicted octanol–water partition coefficient (Wildman–Crippen LogP) is 5.87. The number of amides is 2. The van der Waals surface area contributed by atoms with E-state index in [9.17, 15) is 19.5 Å². The zero-order valence-corrected chi connectivity index (χ0v) is 23.4. The number of benzene rings is 3. The SMILES string of the molecule is COc1cc(C=C2C(=O)NC(=S)N(c3cccc(C(=O)O)c3)C2=O)c(Br)cc1OCc1ccc(Cl)cc1Cl. The highest BCUT2D eigenvalue weighted by molar-refractivity contribution is 9.10. The lowest BCUT2D eigenvalue weighted by Gasteiger charge is -2.29. The first kappa shape index (κ1) is 27.6. The van der Waals surface area contributed by atoms with Crippen LogP contribution in [-0.2, 0) is 16.2 Å². The van der Waals surface area contributed by atoms with Gasteiger partial charge in [-0.3, -0.25) is 19.8 Å². The molecule has 1 heterocycles. The van der Waals surface area contributed by atoms with Gasteiger partial charge in [0.2, 0.25) is 0 Å². The van der Waals surface area contributed by atoms with Crippen molar-refractivity contribution in [2.75, 3.05) is 12.0 Å². The smallest absolute Gasteiger partial charge is 0.335 e. The van der Waals surface area contributed by atoms with Crippen molar-refractivity contribution < 1.29 is 29.0 Å². The second-order valence-electron chi connectivity index (χ2n) is 7.86. The minimum Gasteiger partial charge on any atom is -0.493 e. The van der Waals surface area contributed by atoms with E-state index in [1.165, 1.54) is 37.5 Å². The molecule has 0 aromatic heterocycles. The molecule has 38 heavy (non-hydrogen) atoms. The minimum absolute atomic E-state index is 0.0384. The summed E-state index contributed by atoms with van der Waals surface area (Å²) in [7, 11) is 1.45. The maximum absolute atomic E-state index is 13.3. The first-order valence-corrected chi connectivity index (χ1v) is 12.7. The average molecular weight is 636 g/mol. The summed E-state index contributed by atoms with van der Waals surface area (Å²) in [5.74, 6) is -1.85. The lowest BCUT2D eigenvalue weighted by atomic mass is 10.1. The van der Waals surface area contributed by atoms with E-state index in [1.807, 2.05) is 0 Å². The van der Waals surface area contributed by atoms with E-state index >= 15 is 0 Å². The number of aromatic carboxylic acids is 1. The summed E-state index contributed by atoms with van der Waals surface area (Å²) in [6, 6.07) is 14.0. The van der Waals surface area contributed by atoms with Crippen molar-refractivity contribution in [2.45, 2.75) is 6.61 Å². The van der Waals surface area contributed by atoms with Crippen molar-refractivity contribution in [3.63, 3.8) is 0 Å². The Labute approximate surface area is 240 Å². The van der Waals surface area contributed by atoms with Crippen LogP contribution in [-0.4, -0.2) is 35.1 Å².